The van der Waals surface area contributed by atoms with E-state index in [0.29, 0.717) is 0 Å². The standard InChI is InChI=1S/C10H15N3O4.HI/c1-12-8(11)2-3-13(10(12)16)9-4-6(15)7(5-14)17-9;/h2-3,6-7,9,11,14-15H,4-5H2,1H3;1H/t6-,7+,9+;/m0./s1. The first-order valence-corrected chi connectivity index (χ1v) is 5.31. The van der Waals surface area contributed by atoms with Crippen molar-refractivity contribution in [1.82, 2.24) is 9.13 Å². The third-order valence-electron chi connectivity index (χ3n) is 2.96. The minimum Gasteiger partial charge on any atom is -0.394 e. The second-order valence-corrected chi connectivity index (χ2v) is 4.06. The van der Waals surface area contributed by atoms with Crippen LogP contribution in [0.25, 0.3) is 0 Å². The molecule has 8 heteroatoms. The van der Waals surface area contributed by atoms with Gasteiger partial charge >= 0.3 is 5.69 Å². The van der Waals surface area contributed by atoms with E-state index in [9.17, 15) is 9.90 Å². The quantitative estimate of drug-likeness (QED) is 0.578. The van der Waals surface area contributed by atoms with Crippen LogP contribution in [0.3, 0.4) is 0 Å². The zero-order valence-electron chi connectivity index (χ0n) is 9.81. The number of ether oxygens (including phenoxy) is 1. The first-order valence-electron chi connectivity index (χ1n) is 5.31. The molecule has 0 aromatic carbocycles. The SMILES string of the molecule is Cn1c(=N)ccn([C@H]2C[C@H](O)[C@@H](CO)O2)c1=O.I. The van der Waals surface area contributed by atoms with Gasteiger partial charge in [0.25, 0.3) is 0 Å². The fourth-order valence-electron chi connectivity index (χ4n) is 1.87. The van der Waals surface area contributed by atoms with E-state index in [1.54, 1.807) is 0 Å². The van der Waals surface area contributed by atoms with Gasteiger partial charge in [-0.25, -0.2) is 4.79 Å². The van der Waals surface area contributed by atoms with Crippen LogP contribution in [0.4, 0.5) is 0 Å². The number of rotatable bonds is 2. The molecule has 3 N–H and O–H groups in total. The van der Waals surface area contributed by atoms with Crippen molar-refractivity contribution in [2.75, 3.05) is 6.61 Å². The monoisotopic (exact) mass is 369 g/mol. The van der Waals surface area contributed by atoms with Crippen molar-refractivity contribution < 1.29 is 14.9 Å². The number of hydrogen-bond acceptors (Lipinski definition) is 5. The van der Waals surface area contributed by atoms with Crippen molar-refractivity contribution in [3.05, 3.63) is 28.2 Å². The summed E-state index contributed by atoms with van der Waals surface area (Å²) in [5, 5.41) is 26.0. The van der Waals surface area contributed by atoms with Gasteiger partial charge in [-0.3, -0.25) is 14.5 Å². The van der Waals surface area contributed by atoms with Gasteiger partial charge in [0.05, 0.1) is 12.7 Å². The first-order chi connectivity index (χ1) is 8.04. The summed E-state index contributed by atoms with van der Waals surface area (Å²) in [6.07, 6.45) is -0.322. The highest BCUT2D eigenvalue weighted by Crippen LogP contribution is 2.26. The lowest BCUT2D eigenvalue weighted by atomic mass is 10.2. The molecule has 1 fully saturated rings. The number of aliphatic hydroxyl groups is 2. The third-order valence-corrected chi connectivity index (χ3v) is 2.96. The van der Waals surface area contributed by atoms with Gasteiger partial charge in [0, 0.05) is 19.7 Å². The Morgan fingerprint density at radius 2 is 2.28 bits per heavy atom. The number of aromatic nitrogens is 2. The molecular formula is C10H16IN3O4. The third kappa shape index (κ3) is 2.66. The van der Waals surface area contributed by atoms with E-state index in [-0.39, 0.29) is 48.2 Å². The average Bonchev–Trinajstić information content (AvgIpc) is 2.67. The summed E-state index contributed by atoms with van der Waals surface area (Å²) < 4.78 is 7.87. The molecule has 0 saturated carbocycles. The lowest BCUT2D eigenvalue weighted by molar-refractivity contribution is -0.0462. The smallest absolute Gasteiger partial charge is 0.331 e. The Kier molecular flexibility index (Phi) is 5.08. The Morgan fingerprint density at radius 1 is 1.61 bits per heavy atom. The normalized spacial score (nSPS) is 26.9. The van der Waals surface area contributed by atoms with Crippen LogP contribution in [0.2, 0.25) is 0 Å². The van der Waals surface area contributed by atoms with E-state index in [1.807, 2.05) is 0 Å². The molecular weight excluding hydrogens is 353 g/mol. The molecule has 3 atom stereocenters. The molecule has 2 heterocycles. The van der Waals surface area contributed by atoms with Crippen molar-refractivity contribution in [3.8, 4) is 0 Å². The zero-order valence-corrected chi connectivity index (χ0v) is 12.1. The Bertz CT molecular complexity index is 527. The van der Waals surface area contributed by atoms with Gasteiger partial charge in [0.15, 0.2) is 0 Å². The van der Waals surface area contributed by atoms with Crippen LogP contribution < -0.4 is 11.2 Å². The van der Waals surface area contributed by atoms with Crippen molar-refractivity contribution in [1.29, 1.82) is 5.41 Å². The minimum atomic E-state index is -0.780. The first kappa shape index (κ1) is 15.3. The molecule has 0 bridgehead atoms. The lowest BCUT2D eigenvalue weighted by Crippen LogP contribution is -2.38. The molecule has 2 rings (SSSR count). The number of nitrogens with zero attached hydrogens (tertiary/aromatic N) is 2. The van der Waals surface area contributed by atoms with E-state index in [1.165, 1.54) is 28.4 Å². The predicted octanol–water partition coefficient (Wildman–Crippen LogP) is -1.08. The van der Waals surface area contributed by atoms with Crippen molar-refractivity contribution in [2.24, 2.45) is 7.05 Å². The van der Waals surface area contributed by atoms with Crippen molar-refractivity contribution in [2.45, 2.75) is 24.9 Å². The van der Waals surface area contributed by atoms with Gasteiger partial charge in [-0.15, -0.1) is 24.0 Å². The second-order valence-electron chi connectivity index (χ2n) is 4.06. The van der Waals surface area contributed by atoms with Crippen LogP contribution in [0.5, 0.6) is 0 Å². The van der Waals surface area contributed by atoms with E-state index in [0.717, 1.165) is 0 Å². The summed E-state index contributed by atoms with van der Waals surface area (Å²) in [6.45, 7) is -0.283. The van der Waals surface area contributed by atoms with Crippen LogP contribution >= 0.6 is 24.0 Å². The molecule has 1 aromatic heterocycles. The van der Waals surface area contributed by atoms with E-state index in [2.05, 4.69) is 0 Å². The van der Waals surface area contributed by atoms with Gasteiger partial charge in [0.1, 0.15) is 17.8 Å². The molecule has 0 unspecified atom stereocenters. The summed E-state index contributed by atoms with van der Waals surface area (Å²) >= 11 is 0. The highest BCUT2D eigenvalue weighted by Gasteiger charge is 2.34. The molecule has 0 aliphatic carbocycles. The number of hydrogen-bond donors (Lipinski definition) is 3. The Morgan fingerprint density at radius 3 is 2.83 bits per heavy atom. The molecule has 1 saturated heterocycles. The maximum Gasteiger partial charge on any atom is 0.331 e. The molecule has 7 nitrogen and oxygen atoms in total. The summed E-state index contributed by atoms with van der Waals surface area (Å²) in [6, 6.07) is 1.48. The number of halogens is 1. The highest BCUT2D eigenvalue weighted by atomic mass is 127. The minimum absolute atomic E-state index is 0. The average molecular weight is 369 g/mol. The van der Waals surface area contributed by atoms with E-state index >= 15 is 0 Å². The van der Waals surface area contributed by atoms with Crippen molar-refractivity contribution >= 4 is 24.0 Å². The largest absolute Gasteiger partial charge is 0.394 e. The molecule has 1 aliphatic heterocycles. The zero-order chi connectivity index (χ0) is 12.6. The second kappa shape index (κ2) is 5.95. The fourth-order valence-corrected chi connectivity index (χ4v) is 1.87. The van der Waals surface area contributed by atoms with E-state index < -0.39 is 18.4 Å². The number of nitrogens with one attached hydrogen (secondary N) is 1. The molecule has 1 aliphatic rings. The molecule has 0 amide bonds. The van der Waals surface area contributed by atoms with Gasteiger partial charge in [-0.1, -0.05) is 0 Å². The van der Waals surface area contributed by atoms with Crippen LogP contribution in [-0.4, -0.2) is 38.2 Å². The van der Waals surface area contributed by atoms with Gasteiger partial charge < -0.3 is 14.9 Å². The maximum atomic E-state index is 11.9. The van der Waals surface area contributed by atoms with Crippen LogP contribution in [0, 0.1) is 5.41 Å². The van der Waals surface area contributed by atoms with Crippen LogP contribution in [0.1, 0.15) is 12.6 Å². The predicted molar refractivity (Wildman–Crippen MR) is 72.6 cm³/mol. The number of aliphatic hydroxyl groups excluding tert-OH is 2. The molecule has 102 valence electrons. The van der Waals surface area contributed by atoms with Gasteiger partial charge in [-0.2, -0.15) is 0 Å². The van der Waals surface area contributed by atoms with Crippen LogP contribution in [0.15, 0.2) is 17.1 Å². The van der Waals surface area contributed by atoms with E-state index in [4.69, 9.17) is 15.3 Å². The van der Waals surface area contributed by atoms with Crippen LogP contribution in [-0.2, 0) is 11.8 Å². The summed E-state index contributed by atoms with van der Waals surface area (Å²) in [5.74, 6) is 0. The summed E-state index contributed by atoms with van der Waals surface area (Å²) in [4.78, 5) is 11.9. The summed E-state index contributed by atoms with van der Waals surface area (Å²) in [7, 11) is 1.50. The van der Waals surface area contributed by atoms with Gasteiger partial charge in [0.2, 0.25) is 0 Å². The molecule has 0 radical (unpaired) electrons. The Balaban J connectivity index is 0.00000162. The Hall–Kier alpha value is -0.710. The van der Waals surface area contributed by atoms with Crippen molar-refractivity contribution in [3.63, 3.8) is 0 Å². The van der Waals surface area contributed by atoms with Gasteiger partial charge in [-0.05, 0) is 6.07 Å². The summed E-state index contributed by atoms with van der Waals surface area (Å²) in [5.41, 5.74) is -0.281. The Labute approximate surface area is 120 Å². The molecule has 1 aromatic rings. The molecule has 0 spiro atoms. The molecule has 18 heavy (non-hydrogen) atoms. The highest BCUT2D eigenvalue weighted by molar-refractivity contribution is 14.0. The topological polar surface area (TPSA) is 100 Å². The fraction of sp³-hybridized carbons (Fsp3) is 0.600. The maximum absolute atomic E-state index is 11.9. The lowest BCUT2D eigenvalue weighted by Gasteiger charge is -2.15.